The molecule has 0 saturated heterocycles. The van der Waals surface area contributed by atoms with E-state index in [0.717, 1.165) is 86.9 Å². The van der Waals surface area contributed by atoms with Crippen LogP contribution in [0.3, 0.4) is 0 Å². The number of aromatic nitrogens is 4. The highest BCUT2D eigenvalue weighted by Crippen LogP contribution is 2.39. The predicted octanol–water partition coefficient (Wildman–Crippen LogP) is 9.41. The van der Waals surface area contributed by atoms with Crippen molar-refractivity contribution in [3.63, 3.8) is 0 Å². The third kappa shape index (κ3) is 9.62. The van der Waals surface area contributed by atoms with Crippen molar-refractivity contribution >= 4 is 72.0 Å². The molecule has 0 atom stereocenters. The van der Waals surface area contributed by atoms with Gasteiger partial charge in [-0.15, -0.1) is 21.5 Å². The fourth-order valence-electron chi connectivity index (χ4n) is 5.63. The highest BCUT2D eigenvalue weighted by molar-refractivity contribution is 7.16. The maximum absolute atomic E-state index is 13.1. The highest BCUT2D eigenvalue weighted by atomic mass is 32.1. The zero-order valence-electron chi connectivity index (χ0n) is 32.2. The molecule has 0 radical (unpaired) electrons. The second-order valence-corrected chi connectivity index (χ2v) is 28.5. The lowest BCUT2D eigenvalue weighted by molar-refractivity contribution is 0.0519. The summed E-state index contributed by atoms with van der Waals surface area (Å²) in [7, 11) is -3.06. The van der Waals surface area contributed by atoms with E-state index in [1.165, 1.54) is 0 Å². The molecule has 51 heavy (non-hydrogen) atoms. The second kappa shape index (κ2) is 16.5. The van der Waals surface area contributed by atoms with Gasteiger partial charge in [0.1, 0.15) is 6.73 Å². The lowest BCUT2D eigenvalue weighted by atomic mass is 10.1. The molecule has 0 amide bonds. The Morgan fingerprint density at radius 3 is 2.53 bits per heavy atom. The number of nitrogens with zero attached hydrogens (tertiary/aromatic N) is 6. The third-order valence-electron chi connectivity index (χ3n) is 9.82. The van der Waals surface area contributed by atoms with E-state index in [9.17, 15) is 4.79 Å². The third-order valence-corrected chi connectivity index (χ3v) is 18.3. The summed E-state index contributed by atoms with van der Waals surface area (Å²) in [5, 5.41) is 10.4. The van der Waals surface area contributed by atoms with Crippen LogP contribution in [0.4, 0.5) is 16.8 Å². The summed E-state index contributed by atoms with van der Waals surface area (Å²) in [6.07, 6.45) is 4.35. The molecule has 1 aliphatic heterocycles. The minimum atomic E-state index is -1.86. The first-order valence-electron chi connectivity index (χ1n) is 18.2. The zero-order valence-corrected chi connectivity index (χ0v) is 35.9. The molecule has 14 heteroatoms. The Labute approximate surface area is 313 Å². The number of ether oxygens (including phenoxy) is 2. The summed E-state index contributed by atoms with van der Waals surface area (Å²) in [6.45, 7) is 25.2. The summed E-state index contributed by atoms with van der Waals surface area (Å²) in [4.78, 5) is 27.0. The smallest absolute Gasteiger partial charge is 0.358 e. The molecular weight excluding hydrogens is 713 g/mol. The molecule has 4 heterocycles. The maximum Gasteiger partial charge on any atom is 0.358 e. The van der Waals surface area contributed by atoms with Gasteiger partial charge in [0.25, 0.3) is 0 Å². The van der Waals surface area contributed by atoms with Crippen molar-refractivity contribution in [2.75, 3.05) is 31.3 Å². The van der Waals surface area contributed by atoms with Crippen LogP contribution in [0.25, 0.3) is 10.2 Å². The fourth-order valence-corrected chi connectivity index (χ4v) is 9.62. The van der Waals surface area contributed by atoms with Crippen molar-refractivity contribution in [2.45, 2.75) is 117 Å². The van der Waals surface area contributed by atoms with E-state index in [1.807, 2.05) is 6.92 Å². The van der Waals surface area contributed by atoms with Gasteiger partial charge in [0.05, 0.1) is 16.8 Å². The Morgan fingerprint density at radius 1 is 1.04 bits per heavy atom. The SMILES string of the molecule is CCOC(=O)c1nc(N2CCCCc3c2nnc(N=c2sc4ccccc4n2COCC[Si](C)(C)C)c3C)sc1CCCO[Si](C)(C)C(C)(C)C. The lowest BCUT2D eigenvalue weighted by Crippen LogP contribution is -2.41. The molecule has 278 valence electrons. The maximum atomic E-state index is 13.1. The standard InChI is InChI=1S/C37H56N6O4S2Si2/c1-11-46-34(44)31-30(20-16-22-47-51(9,10)37(3,4)5)49-35(38-31)42-21-15-14-17-27-26(2)32(40-41-33(27)42)39-36-43(25-45-23-24-50(6,7)8)28-18-12-13-19-29(28)48-36/h12-13,18-19H,11,14-17,20-25H2,1-10H3. The Morgan fingerprint density at radius 2 is 1.80 bits per heavy atom. The van der Waals surface area contributed by atoms with E-state index >= 15 is 0 Å². The molecule has 1 aromatic carbocycles. The monoisotopic (exact) mass is 768 g/mol. The number of para-hydroxylation sites is 1. The van der Waals surface area contributed by atoms with Crippen LogP contribution in [0.1, 0.15) is 73.4 Å². The topological polar surface area (TPSA) is 104 Å². The average Bonchev–Trinajstić information content (AvgIpc) is 3.55. The van der Waals surface area contributed by atoms with Crippen molar-refractivity contribution in [2.24, 2.45) is 4.99 Å². The molecule has 0 bridgehead atoms. The molecule has 5 rings (SSSR count). The number of esters is 1. The van der Waals surface area contributed by atoms with Gasteiger partial charge < -0.3 is 18.8 Å². The summed E-state index contributed by atoms with van der Waals surface area (Å²) in [6, 6.07) is 9.47. The Hall–Kier alpha value is -2.76. The minimum Gasteiger partial charge on any atom is -0.461 e. The molecule has 3 aromatic heterocycles. The predicted molar refractivity (Wildman–Crippen MR) is 215 cm³/mol. The first-order chi connectivity index (χ1) is 24.1. The van der Waals surface area contributed by atoms with Crippen molar-refractivity contribution < 1.29 is 18.7 Å². The number of aryl methyl sites for hydroxylation is 1. The summed E-state index contributed by atoms with van der Waals surface area (Å²) < 4.78 is 21.4. The molecule has 10 nitrogen and oxygen atoms in total. The number of carbonyl (C=O) groups excluding carboxylic acids is 1. The van der Waals surface area contributed by atoms with Gasteiger partial charge in [-0.3, -0.25) is 4.57 Å². The first-order valence-corrected chi connectivity index (χ1v) is 26.5. The van der Waals surface area contributed by atoms with Crippen LogP contribution < -0.4 is 9.70 Å². The van der Waals surface area contributed by atoms with Gasteiger partial charge in [-0.25, -0.2) is 9.78 Å². The number of carbonyl (C=O) groups is 1. The second-order valence-electron chi connectivity index (χ2n) is 16.0. The van der Waals surface area contributed by atoms with E-state index < -0.39 is 16.4 Å². The normalized spacial score (nSPS) is 14.6. The van der Waals surface area contributed by atoms with E-state index in [0.29, 0.717) is 37.9 Å². The number of anilines is 2. The Balaban J connectivity index is 1.45. The van der Waals surface area contributed by atoms with E-state index in [2.05, 4.69) is 94.2 Å². The first kappa shape index (κ1) is 39.5. The Bertz CT molecular complexity index is 1890. The number of rotatable bonds is 14. The molecule has 0 N–H and O–H groups in total. The van der Waals surface area contributed by atoms with E-state index in [1.54, 1.807) is 22.7 Å². The van der Waals surface area contributed by atoms with E-state index in [-0.39, 0.29) is 11.0 Å². The number of fused-ring (bicyclic) bond motifs is 2. The largest absolute Gasteiger partial charge is 0.461 e. The molecule has 0 aliphatic carbocycles. The highest BCUT2D eigenvalue weighted by Gasteiger charge is 2.37. The van der Waals surface area contributed by atoms with Crippen LogP contribution in [0.15, 0.2) is 29.3 Å². The molecular formula is C37H56N6O4S2Si2. The van der Waals surface area contributed by atoms with Gasteiger partial charge in [0.15, 0.2) is 35.6 Å². The molecule has 0 unspecified atom stereocenters. The molecule has 0 fully saturated rings. The number of thiazole rings is 2. The van der Waals surface area contributed by atoms with E-state index in [4.69, 9.17) is 34.1 Å². The van der Waals surface area contributed by atoms with Gasteiger partial charge in [0.2, 0.25) is 0 Å². The van der Waals surface area contributed by atoms with Crippen LogP contribution in [0.2, 0.25) is 43.8 Å². The van der Waals surface area contributed by atoms with Crippen LogP contribution in [-0.4, -0.2) is 68.5 Å². The van der Waals surface area contributed by atoms with Gasteiger partial charge in [-0.05, 0) is 82.3 Å². The van der Waals surface area contributed by atoms with Crippen LogP contribution in [0.5, 0.6) is 0 Å². The quantitative estimate of drug-likeness (QED) is 0.0711. The molecule has 4 aromatic rings. The Kier molecular flexibility index (Phi) is 12.8. The number of benzene rings is 1. The van der Waals surface area contributed by atoms with Gasteiger partial charge in [0, 0.05) is 43.8 Å². The zero-order chi connectivity index (χ0) is 37.0. The average molecular weight is 769 g/mol. The molecule has 0 saturated carbocycles. The number of hydrogen-bond acceptors (Lipinski definition) is 11. The van der Waals surface area contributed by atoms with Gasteiger partial charge in [-0.2, -0.15) is 4.99 Å². The van der Waals surface area contributed by atoms with Crippen molar-refractivity contribution in [1.29, 1.82) is 0 Å². The molecule has 1 aliphatic rings. The fraction of sp³-hybridized carbons (Fsp3) is 0.595. The van der Waals surface area contributed by atoms with Crippen molar-refractivity contribution in [3.8, 4) is 0 Å². The summed E-state index contributed by atoms with van der Waals surface area (Å²) in [5.74, 6) is 1.03. The van der Waals surface area contributed by atoms with Crippen LogP contribution in [0, 0.1) is 6.92 Å². The van der Waals surface area contributed by atoms with Crippen molar-refractivity contribution in [1.82, 2.24) is 19.7 Å². The minimum absolute atomic E-state index is 0.147. The summed E-state index contributed by atoms with van der Waals surface area (Å²) in [5.41, 5.74) is 3.63. The van der Waals surface area contributed by atoms with Gasteiger partial charge >= 0.3 is 5.97 Å². The van der Waals surface area contributed by atoms with Crippen LogP contribution >= 0.6 is 22.7 Å². The number of hydrogen-bond donors (Lipinski definition) is 0. The van der Waals surface area contributed by atoms with Crippen molar-refractivity contribution in [3.05, 3.63) is 50.8 Å². The van der Waals surface area contributed by atoms with Gasteiger partial charge in [-0.1, -0.05) is 63.9 Å². The van der Waals surface area contributed by atoms with Crippen LogP contribution in [-0.2, 0) is 33.5 Å². The lowest BCUT2D eigenvalue weighted by Gasteiger charge is -2.36. The molecule has 0 spiro atoms. The summed E-state index contributed by atoms with van der Waals surface area (Å²) >= 11 is 3.19.